The van der Waals surface area contributed by atoms with Crippen molar-refractivity contribution in [2.75, 3.05) is 22.1 Å². The quantitative estimate of drug-likeness (QED) is 0.669. The molecule has 0 unspecified atom stereocenters. The molecule has 0 aliphatic rings. The lowest BCUT2D eigenvalue weighted by atomic mass is 10.2. The van der Waals surface area contributed by atoms with Crippen LogP contribution in [0.15, 0.2) is 60.7 Å². The first-order chi connectivity index (χ1) is 13.0. The summed E-state index contributed by atoms with van der Waals surface area (Å²) in [5.74, 6) is 2.17. The summed E-state index contributed by atoms with van der Waals surface area (Å²) in [6.45, 7) is 6.26. The summed E-state index contributed by atoms with van der Waals surface area (Å²) in [5.41, 5.74) is 2.73. The van der Waals surface area contributed by atoms with Crippen LogP contribution in [0.3, 0.4) is 0 Å². The maximum absolute atomic E-state index is 11.1. The van der Waals surface area contributed by atoms with Crippen molar-refractivity contribution in [1.82, 2.24) is 9.97 Å². The molecule has 6 heteroatoms. The first-order valence-corrected chi connectivity index (χ1v) is 8.88. The van der Waals surface area contributed by atoms with E-state index < -0.39 is 0 Å². The number of nitrogens with one attached hydrogen (secondary N) is 2. The molecule has 1 amide bonds. The van der Waals surface area contributed by atoms with Crippen molar-refractivity contribution in [3.63, 3.8) is 0 Å². The monoisotopic (exact) mass is 361 g/mol. The number of hydrogen-bond donors (Lipinski definition) is 2. The van der Waals surface area contributed by atoms with Crippen LogP contribution in [-0.4, -0.2) is 22.4 Å². The lowest BCUT2D eigenvalue weighted by Crippen LogP contribution is -2.18. The van der Waals surface area contributed by atoms with Crippen molar-refractivity contribution in [2.45, 2.75) is 20.8 Å². The largest absolute Gasteiger partial charge is 0.340 e. The number of anilines is 5. The summed E-state index contributed by atoms with van der Waals surface area (Å²) < 4.78 is 0. The molecule has 0 saturated carbocycles. The normalized spacial score (nSPS) is 10.3. The molecule has 1 aromatic heterocycles. The van der Waals surface area contributed by atoms with Gasteiger partial charge in [-0.1, -0.05) is 18.2 Å². The summed E-state index contributed by atoms with van der Waals surface area (Å²) in [5, 5.41) is 6.06. The Morgan fingerprint density at radius 3 is 2.30 bits per heavy atom. The van der Waals surface area contributed by atoms with Crippen LogP contribution < -0.4 is 15.5 Å². The maximum atomic E-state index is 11.1. The molecular formula is C21H23N5O. The highest BCUT2D eigenvalue weighted by Gasteiger charge is 2.11. The van der Waals surface area contributed by atoms with Gasteiger partial charge < -0.3 is 15.5 Å². The molecule has 2 aromatic carbocycles. The van der Waals surface area contributed by atoms with Crippen molar-refractivity contribution in [3.05, 3.63) is 66.5 Å². The second-order valence-corrected chi connectivity index (χ2v) is 6.12. The van der Waals surface area contributed by atoms with Crippen molar-refractivity contribution >= 4 is 34.6 Å². The smallest absolute Gasteiger partial charge is 0.221 e. The first kappa shape index (κ1) is 18.4. The average Bonchev–Trinajstić information content (AvgIpc) is 2.64. The van der Waals surface area contributed by atoms with Crippen molar-refractivity contribution in [1.29, 1.82) is 0 Å². The van der Waals surface area contributed by atoms with Gasteiger partial charge in [0.1, 0.15) is 17.5 Å². The molecular weight excluding hydrogens is 338 g/mol. The van der Waals surface area contributed by atoms with Crippen LogP contribution in [-0.2, 0) is 4.79 Å². The molecule has 3 rings (SSSR count). The van der Waals surface area contributed by atoms with Crippen molar-refractivity contribution in [3.8, 4) is 0 Å². The Hall–Kier alpha value is -3.41. The number of nitrogens with zero attached hydrogens (tertiary/aromatic N) is 3. The predicted octanol–water partition coefficient (Wildman–Crippen LogP) is 4.65. The zero-order valence-corrected chi connectivity index (χ0v) is 15.7. The third-order valence-corrected chi connectivity index (χ3v) is 3.96. The molecule has 0 fully saturated rings. The van der Waals surface area contributed by atoms with Crippen LogP contribution in [0, 0.1) is 6.92 Å². The van der Waals surface area contributed by atoms with Gasteiger partial charge in [-0.2, -0.15) is 0 Å². The standard InChI is InChI=1S/C21H23N5O/c1-4-26(19-8-6-5-7-9-19)21-14-20(22-15(2)23-21)25-18-12-10-17(11-13-18)24-16(3)27/h5-14H,4H2,1-3H3,(H,24,27)(H,22,23,25). The van der Waals surface area contributed by atoms with Crippen LogP contribution in [0.2, 0.25) is 0 Å². The predicted molar refractivity (Wildman–Crippen MR) is 110 cm³/mol. The summed E-state index contributed by atoms with van der Waals surface area (Å²) in [4.78, 5) is 22.4. The van der Waals surface area contributed by atoms with Gasteiger partial charge in [0.15, 0.2) is 0 Å². The van der Waals surface area contributed by atoms with E-state index in [1.54, 1.807) is 0 Å². The molecule has 3 aromatic rings. The van der Waals surface area contributed by atoms with E-state index in [4.69, 9.17) is 0 Å². The highest BCUT2D eigenvalue weighted by atomic mass is 16.1. The van der Waals surface area contributed by atoms with E-state index in [2.05, 4.69) is 44.6 Å². The average molecular weight is 361 g/mol. The minimum Gasteiger partial charge on any atom is -0.340 e. The highest BCUT2D eigenvalue weighted by Crippen LogP contribution is 2.26. The van der Waals surface area contributed by atoms with Gasteiger partial charge in [0.2, 0.25) is 5.91 Å². The van der Waals surface area contributed by atoms with E-state index >= 15 is 0 Å². The topological polar surface area (TPSA) is 70.2 Å². The minimum absolute atomic E-state index is 0.0904. The van der Waals surface area contributed by atoms with Gasteiger partial charge in [-0.25, -0.2) is 9.97 Å². The van der Waals surface area contributed by atoms with Gasteiger partial charge in [-0.3, -0.25) is 4.79 Å². The Morgan fingerprint density at radius 2 is 1.67 bits per heavy atom. The Labute approximate surface area is 159 Å². The zero-order chi connectivity index (χ0) is 19.2. The van der Waals surface area contributed by atoms with E-state index in [0.29, 0.717) is 5.82 Å². The molecule has 2 N–H and O–H groups in total. The molecule has 138 valence electrons. The molecule has 0 bridgehead atoms. The number of aromatic nitrogens is 2. The summed E-state index contributed by atoms with van der Waals surface area (Å²) in [6.07, 6.45) is 0. The molecule has 0 aliphatic carbocycles. The molecule has 0 aliphatic heterocycles. The molecule has 1 heterocycles. The molecule has 0 atom stereocenters. The number of aryl methyl sites for hydroxylation is 1. The number of para-hydroxylation sites is 1. The van der Waals surface area contributed by atoms with E-state index in [0.717, 1.165) is 35.2 Å². The van der Waals surface area contributed by atoms with E-state index in [9.17, 15) is 4.79 Å². The van der Waals surface area contributed by atoms with Gasteiger partial charge in [-0.15, -0.1) is 0 Å². The maximum Gasteiger partial charge on any atom is 0.221 e. The number of hydrogen-bond acceptors (Lipinski definition) is 5. The zero-order valence-electron chi connectivity index (χ0n) is 15.7. The summed E-state index contributed by atoms with van der Waals surface area (Å²) in [6, 6.07) is 19.6. The van der Waals surface area contributed by atoms with Gasteiger partial charge in [0, 0.05) is 36.6 Å². The lowest BCUT2D eigenvalue weighted by Gasteiger charge is -2.23. The van der Waals surface area contributed by atoms with E-state index in [1.807, 2.05) is 55.5 Å². The third-order valence-electron chi connectivity index (χ3n) is 3.96. The van der Waals surface area contributed by atoms with Crippen LogP contribution >= 0.6 is 0 Å². The summed E-state index contributed by atoms with van der Waals surface area (Å²) in [7, 11) is 0. The fourth-order valence-electron chi connectivity index (χ4n) is 2.83. The first-order valence-electron chi connectivity index (χ1n) is 8.88. The van der Waals surface area contributed by atoms with Gasteiger partial charge >= 0.3 is 0 Å². The number of carbonyl (C=O) groups excluding carboxylic acids is 1. The Morgan fingerprint density at radius 1 is 1.00 bits per heavy atom. The number of amides is 1. The van der Waals surface area contributed by atoms with Crippen LogP contribution in [0.1, 0.15) is 19.7 Å². The Kier molecular flexibility index (Phi) is 5.66. The molecule has 27 heavy (non-hydrogen) atoms. The number of rotatable bonds is 6. The highest BCUT2D eigenvalue weighted by molar-refractivity contribution is 5.88. The SMILES string of the molecule is CCN(c1ccccc1)c1cc(Nc2ccc(NC(C)=O)cc2)nc(C)n1. The van der Waals surface area contributed by atoms with Crippen LogP contribution in [0.4, 0.5) is 28.7 Å². The van der Waals surface area contributed by atoms with Gasteiger partial charge in [-0.05, 0) is 50.2 Å². The Bertz CT molecular complexity index is 910. The number of benzene rings is 2. The second kappa shape index (κ2) is 8.31. The third kappa shape index (κ3) is 4.82. The lowest BCUT2D eigenvalue weighted by molar-refractivity contribution is -0.114. The van der Waals surface area contributed by atoms with Crippen molar-refractivity contribution in [2.24, 2.45) is 0 Å². The van der Waals surface area contributed by atoms with E-state index in [-0.39, 0.29) is 5.91 Å². The Balaban J connectivity index is 1.84. The van der Waals surface area contributed by atoms with Crippen molar-refractivity contribution < 1.29 is 4.79 Å². The fraction of sp³-hybridized carbons (Fsp3) is 0.190. The van der Waals surface area contributed by atoms with Crippen LogP contribution in [0.25, 0.3) is 0 Å². The molecule has 0 spiro atoms. The molecule has 0 saturated heterocycles. The molecule has 6 nitrogen and oxygen atoms in total. The minimum atomic E-state index is -0.0904. The van der Waals surface area contributed by atoms with E-state index in [1.165, 1.54) is 6.92 Å². The van der Waals surface area contributed by atoms with Gasteiger partial charge in [0.25, 0.3) is 0 Å². The van der Waals surface area contributed by atoms with Crippen LogP contribution in [0.5, 0.6) is 0 Å². The fourth-order valence-corrected chi connectivity index (χ4v) is 2.83. The summed E-state index contributed by atoms with van der Waals surface area (Å²) >= 11 is 0. The van der Waals surface area contributed by atoms with Gasteiger partial charge in [0.05, 0.1) is 0 Å². The second-order valence-electron chi connectivity index (χ2n) is 6.12. The molecule has 0 radical (unpaired) electrons. The number of carbonyl (C=O) groups is 1.